The molecule has 116 valence electrons. The zero-order valence-electron chi connectivity index (χ0n) is 12.0. The zero-order chi connectivity index (χ0) is 15.4. The summed E-state index contributed by atoms with van der Waals surface area (Å²) in [5, 5.41) is 6.61. The van der Waals surface area contributed by atoms with Gasteiger partial charge >= 0.3 is 0 Å². The topological polar surface area (TPSA) is 64.4 Å². The summed E-state index contributed by atoms with van der Waals surface area (Å²) in [7, 11) is 0. The molecule has 0 radical (unpaired) electrons. The number of nitrogens with one attached hydrogen (secondary N) is 1. The van der Waals surface area contributed by atoms with Gasteiger partial charge in [0.2, 0.25) is 5.91 Å². The van der Waals surface area contributed by atoms with E-state index in [-0.39, 0.29) is 30.2 Å². The van der Waals surface area contributed by atoms with E-state index in [0.29, 0.717) is 18.8 Å². The van der Waals surface area contributed by atoms with Crippen molar-refractivity contribution in [2.45, 2.75) is 18.9 Å². The molecule has 1 aromatic carbocycles. The fourth-order valence-corrected chi connectivity index (χ4v) is 2.66. The van der Waals surface area contributed by atoms with Crippen LogP contribution in [0.1, 0.15) is 23.8 Å². The Morgan fingerprint density at radius 1 is 1.32 bits per heavy atom. The van der Waals surface area contributed by atoms with Gasteiger partial charge in [0.25, 0.3) is 0 Å². The average Bonchev–Trinajstić information content (AvgIpc) is 3.17. The van der Waals surface area contributed by atoms with Crippen LogP contribution in [0.2, 0.25) is 0 Å². The van der Waals surface area contributed by atoms with Gasteiger partial charge in [0.05, 0.1) is 18.2 Å². The fourth-order valence-electron chi connectivity index (χ4n) is 2.66. The molecule has 1 amide bonds. The summed E-state index contributed by atoms with van der Waals surface area (Å²) in [5.74, 6) is -0.176. The molecule has 1 fully saturated rings. The van der Waals surface area contributed by atoms with Gasteiger partial charge in [0, 0.05) is 25.1 Å². The number of benzene rings is 1. The van der Waals surface area contributed by atoms with Crippen molar-refractivity contribution in [1.82, 2.24) is 10.5 Å². The van der Waals surface area contributed by atoms with Crippen molar-refractivity contribution in [2.75, 3.05) is 13.2 Å². The van der Waals surface area contributed by atoms with Crippen LogP contribution in [-0.2, 0) is 16.0 Å². The highest BCUT2D eigenvalue weighted by atomic mass is 19.1. The molecular formula is C16H17FN2O3. The lowest BCUT2D eigenvalue weighted by Crippen LogP contribution is -2.31. The van der Waals surface area contributed by atoms with Crippen LogP contribution >= 0.6 is 0 Å². The van der Waals surface area contributed by atoms with E-state index >= 15 is 0 Å². The van der Waals surface area contributed by atoms with Crippen molar-refractivity contribution in [3.8, 4) is 0 Å². The van der Waals surface area contributed by atoms with Gasteiger partial charge in [-0.15, -0.1) is 0 Å². The van der Waals surface area contributed by atoms with Gasteiger partial charge in [-0.25, -0.2) is 4.39 Å². The molecule has 1 aliphatic heterocycles. The maximum Gasteiger partial charge on any atom is 0.226 e. The first kappa shape index (κ1) is 14.7. The maximum atomic E-state index is 13.0. The quantitative estimate of drug-likeness (QED) is 0.920. The van der Waals surface area contributed by atoms with Crippen molar-refractivity contribution < 1.29 is 18.4 Å². The highest BCUT2D eigenvalue weighted by Gasteiger charge is 2.29. The molecule has 0 unspecified atom stereocenters. The third-order valence-electron chi connectivity index (χ3n) is 3.81. The van der Waals surface area contributed by atoms with E-state index in [1.54, 1.807) is 18.2 Å². The van der Waals surface area contributed by atoms with Gasteiger partial charge in [-0.2, -0.15) is 0 Å². The number of halogens is 1. The molecule has 0 spiro atoms. The molecular weight excluding hydrogens is 287 g/mol. The van der Waals surface area contributed by atoms with Gasteiger partial charge in [0.15, 0.2) is 0 Å². The minimum absolute atomic E-state index is 0.0985. The SMILES string of the molecule is O=C(Cc1ccon1)NC[C@@H]1CCO[C@H]1c1ccc(F)cc1. The van der Waals surface area contributed by atoms with E-state index in [1.165, 1.54) is 18.4 Å². The van der Waals surface area contributed by atoms with Crippen molar-refractivity contribution >= 4 is 5.91 Å². The van der Waals surface area contributed by atoms with E-state index in [4.69, 9.17) is 9.26 Å². The second-order valence-electron chi connectivity index (χ2n) is 5.36. The summed E-state index contributed by atoms with van der Waals surface area (Å²) in [6.07, 6.45) is 2.41. The van der Waals surface area contributed by atoms with E-state index in [1.807, 2.05) is 0 Å². The van der Waals surface area contributed by atoms with Crippen LogP contribution in [0, 0.1) is 11.7 Å². The molecule has 1 N–H and O–H groups in total. The summed E-state index contributed by atoms with van der Waals surface area (Å²) in [4.78, 5) is 11.9. The molecule has 1 aromatic heterocycles. The Labute approximate surface area is 127 Å². The fraction of sp³-hybridized carbons (Fsp3) is 0.375. The highest BCUT2D eigenvalue weighted by molar-refractivity contribution is 5.78. The van der Waals surface area contributed by atoms with E-state index in [0.717, 1.165) is 12.0 Å². The summed E-state index contributed by atoms with van der Waals surface area (Å²) in [6.45, 7) is 1.17. The van der Waals surface area contributed by atoms with Gasteiger partial charge in [-0.05, 0) is 24.1 Å². The molecule has 0 aliphatic carbocycles. The molecule has 1 aliphatic rings. The number of amides is 1. The van der Waals surface area contributed by atoms with E-state index in [2.05, 4.69) is 10.5 Å². The van der Waals surface area contributed by atoms with Gasteiger partial charge in [-0.1, -0.05) is 17.3 Å². The Hall–Kier alpha value is -2.21. The Bertz CT molecular complexity index is 613. The number of carbonyl (C=O) groups excluding carboxylic acids is 1. The molecule has 5 nitrogen and oxygen atoms in total. The van der Waals surface area contributed by atoms with E-state index < -0.39 is 0 Å². The molecule has 0 saturated carbocycles. The standard InChI is InChI=1S/C16H17FN2O3/c17-13-3-1-11(2-4-13)16-12(5-7-21-16)10-18-15(20)9-14-6-8-22-19-14/h1-4,6,8,12,16H,5,7,9-10H2,(H,18,20)/t12-,16-/m0/s1. The number of rotatable bonds is 5. The second kappa shape index (κ2) is 6.70. The maximum absolute atomic E-state index is 13.0. The van der Waals surface area contributed by atoms with Crippen LogP contribution in [0.15, 0.2) is 41.1 Å². The summed E-state index contributed by atoms with van der Waals surface area (Å²) >= 11 is 0. The third-order valence-corrected chi connectivity index (χ3v) is 3.81. The smallest absolute Gasteiger partial charge is 0.226 e. The lowest BCUT2D eigenvalue weighted by Gasteiger charge is -2.19. The van der Waals surface area contributed by atoms with Crippen molar-refractivity contribution in [3.63, 3.8) is 0 Å². The summed E-state index contributed by atoms with van der Waals surface area (Å²) in [5.41, 5.74) is 1.55. The zero-order valence-corrected chi connectivity index (χ0v) is 12.0. The van der Waals surface area contributed by atoms with Crippen LogP contribution in [0.4, 0.5) is 4.39 Å². The molecule has 1 saturated heterocycles. The third kappa shape index (κ3) is 3.51. The van der Waals surface area contributed by atoms with Gasteiger partial charge < -0.3 is 14.6 Å². The minimum Gasteiger partial charge on any atom is -0.373 e. The van der Waals surface area contributed by atoms with Crippen molar-refractivity contribution in [1.29, 1.82) is 0 Å². The molecule has 6 heteroatoms. The number of carbonyl (C=O) groups is 1. The number of nitrogens with zero attached hydrogens (tertiary/aromatic N) is 1. The first-order valence-electron chi connectivity index (χ1n) is 7.25. The molecule has 2 atom stereocenters. The lowest BCUT2D eigenvalue weighted by atomic mass is 9.95. The Morgan fingerprint density at radius 2 is 2.14 bits per heavy atom. The number of hydrogen-bond donors (Lipinski definition) is 1. The van der Waals surface area contributed by atoms with Crippen LogP contribution in [-0.4, -0.2) is 24.2 Å². The minimum atomic E-state index is -0.265. The number of hydrogen-bond acceptors (Lipinski definition) is 4. The Balaban J connectivity index is 1.55. The average molecular weight is 304 g/mol. The molecule has 2 aromatic rings. The van der Waals surface area contributed by atoms with Crippen LogP contribution in [0.3, 0.4) is 0 Å². The lowest BCUT2D eigenvalue weighted by molar-refractivity contribution is -0.120. The highest BCUT2D eigenvalue weighted by Crippen LogP contribution is 2.34. The summed E-state index contributed by atoms with van der Waals surface area (Å²) in [6, 6.07) is 7.99. The largest absolute Gasteiger partial charge is 0.373 e. The first-order chi connectivity index (χ1) is 10.7. The van der Waals surface area contributed by atoms with Crippen LogP contribution in [0.5, 0.6) is 0 Å². The first-order valence-corrected chi connectivity index (χ1v) is 7.25. The molecule has 2 heterocycles. The van der Waals surface area contributed by atoms with E-state index in [9.17, 15) is 9.18 Å². The van der Waals surface area contributed by atoms with Gasteiger partial charge in [-0.3, -0.25) is 4.79 Å². The van der Waals surface area contributed by atoms with Gasteiger partial charge in [0.1, 0.15) is 12.1 Å². The van der Waals surface area contributed by atoms with Crippen molar-refractivity contribution in [3.05, 3.63) is 53.7 Å². The predicted molar refractivity (Wildman–Crippen MR) is 76.4 cm³/mol. The summed E-state index contributed by atoms with van der Waals surface area (Å²) < 4.78 is 23.4. The second-order valence-corrected chi connectivity index (χ2v) is 5.36. The van der Waals surface area contributed by atoms with Crippen molar-refractivity contribution in [2.24, 2.45) is 5.92 Å². The normalized spacial score (nSPS) is 21.0. The molecule has 0 bridgehead atoms. The number of ether oxygens (including phenoxy) is 1. The Kier molecular flexibility index (Phi) is 4.48. The Morgan fingerprint density at radius 3 is 2.86 bits per heavy atom. The monoisotopic (exact) mass is 304 g/mol. The molecule has 22 heavy (non-hydrogen) atoms. The predicted octanol–water partition coefficient (Wildman–Crippen LogP) is 2.25. The van der Waals surface area contributed by atoms with Crippen LogP contribution in [0.25, 0.3) is 0 Å². The number of aromatic nitrogens is 1. The molecule has 3 rings (SSSR count). The van der Waals surface area contributed by atoms with Crippen LogP contribution < -0.4 is 5.32 Å².